The number of aliphatic hydroxyl groups excluding tert-OH is 1. The van der Waals surface area contributed by atoms with Crippen LogP contribution in [0.1, 0.15) is 5.56 Å². The van der Waals surface area contributed by atoms with E-state index in [1.165, 1.54) is 24.5 Å². The molecule has 1 saturated heterocycles. The van der Waals surface area contributed by atoms with Crippen molar-refractivity contribution in [1.29, 1.82) is 0 Å². The number of nitrogens with one attached hydrogen (secondary N) is 2. The van der Waals surface area contributed by atoms with Crippen LogP contribution in [0.3, 0.4) is 0 Å². The Morgan fingerprint density at radius 1 is 1.00 bits per heavy atom. The highest BCUT2D eigenvalue weighted by Crippen LogP contribution is 2.33. The number of ether oxygens (including phenoxy) is 1. The number of hydrogen-bond acceptors (Lipinski definition) is 10. The third-order valence-electron chi connectivity index (χ3n) is 7.90. The molecule has 3 N–H and O–H groups in total. The fourth-order valence-electron chi connectivity index (χ4n) is 5.57. The zero-order valence-corrected chi connectivity index (χ0v) is 26.6. The Bertz CT molecular complexity index is 2270. The number of aliphatic hydroxyl groups is 1. The molecule has 0 saturated carbocycles. The minimum atomic E-state index is -4.30. The maximum Gasteiger partial charge on any atom is 0.263 e. The molecule has 4 heterocycles. The Labute approximate surface area is 278 Å². The molecule has 246 valence electrons. The van der Waals surface area contributed by atoms with Crippen LogP contribution in [0.2, 0.25) is 5.02 Å². The Balaban J connectivity index is 1.21. The van der Waals surface area contributed by atoms with E-state index in [-0.39, 0.29) is 34.0 Å². The number of sulfonamides is 1. The summed E-state index contributed by atoms with van der Waals surface area (Å²) in [7, 11) is -4.30. The zero-order chi connectivity index (χ0) is 33.4. The molecule has 1 fully saturated rings. The summed E-state index contributed by atoms with van der Waals surface area (Å²) < 4.78 is 66.2. The topological polar surface area (TPSA) is 147 Å². The Morgan fingerprint density at radius 3 is 2.69 bits per heavy atom. The summed E-state index contributed by atoms with van der Waals surface area (Å²) in [6.07, 6.45) is 2.63. The molecule has 7 rings (SSSR count). The van der Waals surface area contributed by atoms with Gasteiger partial charge in [-0.05, 0) is 48.0 Å². The number of pyridine rings is 1. The molecule has 0 amide bonds. The lowest BCUT2D eigenvalue weighted by Gasteiger charge is -2.32. The molecule has 16 heteroatoms. The normalized spacial score (nSPS) is 15.6. The molecule has 1 aliphatic heterocycles. The van der Waals surface area contributed by atoms with Crippen molar-refractivity contribution < 1.29 is 27.0 Å². The van der Waals surface area contributed by atoms with Crippen molar-refractivity contribution >= 4 is 60.9 Å². The van der Waals surface area contributed by atoms with Gasteiger partial charge in [-0.15, -0.1) is 0 Å². The van der Waals surface area contributed by atoms with Crippen LogP contribution in [0.15, 0.2) is 84.3 Å². The number of para-hydroxylation sites is 1. The van der Waals surface area contributed by atoms with Crippen molar-refractivity contribution in [2.45, 2.75) is 17.5 Å². The second-order valence-corrected chi connectivity index (χ2v) is 13.1. The average molecular weight is 693 g/mol. The van der Waals surface area contributed by atoms with E-state index in [0.717, 1.165) is 35.3 Å². The summed E-state index contributed by atoms with van der Waals surface area (Å²) in [4.78, 5) is 19.8. The van der Waals surface area contributed by atoms with Gasteiger partial charge in [0.15, 0.2) is 11.6 Å². The van der Waals surface area contributed by atoms with Crippen LogP contribution < -0.4 is 10.0 Å². The van der Waals surface area contributed by atoms with E-state index in [9.17, 15) is 13.5 Å². The minimum absolute atomic E-state index is 0.0124. The monoisotopic (exact) mass is 692 g/mol. The molecule has 12 nitrogen and oxygen atoms in total. The van der Waals surface area contributed by atoms with Crippen molar-refractivity contribution in [1.82, 2.24) is 29.4 Å². The van der Waals surface area contributed by atoms with Crippen LogP contribution in [-0.2, 0) is 21.3 Å². The van der Waals surface area contributed by atoms with E-state index in [2.05, 4.69) is 29.9 Å². The number of morpholine rings is 1. The molecule has 0 spiro atoms. The van der Waals surface area contributed by atoms with Crippen molar-refractivity contribution in [3.63, 3.8) is 0 Å². The molecule has 0 aliphatic carbocycles. The van der Waals surface area contributed by atoms with Gasteiger partial charge in [-0.2, -0.15) is 0 Å². The number of halogens is 3. The van der Waals surface area contributed by atoms with E-state index < -0.39 is 33.0 Å². The number of hydrogen-bond donors (Lipinski definition) is 3. The van der Waals surface area contributed by atoms with Gasteiger partial charge in [0.1, 0.15) is 40.4 Å². The first kappa shape index (κ1) is 31.8. The number of anilines is 3. The number of rotatable bonds is 9. The van der Waals surface area contributed by atoms with E-state index in [1.54, 1.807) is 29.1 Å². The zero-order valence-electron chi connectivity index (χ0n) is 25.0. The van der Waals surface area contributed by atoms with Gasteiger partial charge in [-0.3, -0.25) is 14.2 Å². The predicted octanol–water partition coefficient (Wildman–Crippen LogP) is 5.03. The highest BCUT2D eigenvalue weighted by molar-refractivity contribution is 7.92. The predicted molar refractivity (Wildman–Crippen MR) is 176 cm³/mol. The molecule has 0 radical (unpaired) electrons. The number of nitrogens with zero attached hydrogens (tertiary/aromatic N) is 6. The first-order chi connectivity index (χ1) is 23.2. The number of aromatic nitrogens is 5. The number of fused-ring (bicyclic) bond motifs is 2. The summed E-state index contributed by atoms with van der Waals surface area (Å²) in [5.74, 6) is -1.75. The van der Waals surface area contributed by atoms with Gasteiger partial charge in [0, 0.05) is 19.6 Å². The summed E-state index contributed by atoms with van der Waals surface area (Å²) >= 11 is 6.05. The van der Waals surface area contributed by atoms with Gasteiger partial charge in [0.2, 0.25) is 0 Å². The van der Waals surface area contributed by atoms with Crippen LogP contribution in [-0.4, -0.2) is 75.3 Å². The van der Waals surface area contributed by atoms with Gasteiger partial charge in [0.25, 0.3) is 10.0 Å². The lowest BCUT2D eigenvalue weighted by molar-refractivity contribution is -0.0550. The third kappa shape index (κ3) is 6.13. The van der Waals surface area contributed by atoms with Crippen LogP contribution in [0.25, 0.3) is 27.9 Å². The fourth-order valence-corrected chi connectivity index (χ4v) is 7.15. The summed E-state index contributed by atoms with van der Waals surface area (Å²) in [5, 5.41) is 12.1. The van der Waals surface area contributed by atoms with Gasteiger partial charge in [0.05, 0.1) is 46.6 Å². The van der Waals surface area contributed by atoms with Crippen LogP contribution in [0.4, 0.5) is 26.0 Å². The summed E-state index contributed by atoms with van der Waals surface area (Å²) in [6.45, 7) is 2.44. The molecule has 0 bridgehead atoms. The molecule has 3 aromatic heterocycles. The van der Waals surface area contributed by atoms with Crippen LogP contribution in [0, 0.1) is 11.6 Å². The highest BCUT2D eigenvalue weighted by atomic mass is 35.5. The van der Waals surface area contributed by atoms with E-state index in [1.807, 2.05) is 18.2 Å². The van der Waals surface area contributed by atoms with Crippen molar-refractivity contribution in [2.75, 3.05) is 36.3 Å². The van der Waals surface area contributed by atoms with Crippen molar-refractivity contribution in [3.05, 3.63) is 102 Å². The maximum absolute atomic E-state index is 15.7. The highest BCUT2D eigenvalue weighted by Gasteiger charge is 2.24. The van der Waals surface area contributed by atoms with Gasteiger partial charge in [-0.25, -0.2) is 37.1 Å². The first-order valence-electron chi connectivity index (χ1n) is 14.8. The molecular weight excluding hydrogens is 666 g/mol. The lowest BCUT2D eigenvalue weighted by Crippen LogP contribution is -2.43. The van der Waals surface area contributed by atoms with E-state index in [4.69, 9.17) is 21.3 Å². The summed E-state index contributed by atoms with van der Waals surface area (Å²) in [6, 6.07) is 16.9. The second-order valence-electron chi connectivity index (χ2n) is 11.0. The Kier molecular flexibility index (Phi) is 8.61. The quantitative estimate of drug-likeness (QED) is 0.188. The molecule has 3 aromatic carbocycles. The van der Waals surface area contributed by atoms with Crippen LogP contribution >= 0.6 is 11.6 Å². The third-order valence-corrected chi connectivity index (χ3v) is 9.76. The number of imidazole rings is 1. The fraction of sp³-hybridized carbons (Fsp3) is 0.188. The van der Waals surface area contributed by atoms with Crippen molar-refractivity contribution in [2.24, 2.45) is 0 Å². The largest absolute Gasteiger partial charge is 0.394 e. The standard InChI is InChI=1S/C32H27ClF2N8O4S/c33-21-5-1-2-7-26(21)48(45,46)41-23-9-8-22(34)30(28(23)35)40-32-31-24(36-17-37-32)10-11-27(39-31)43-18-38-29-19(4-3-6-25(29)43)14-42-12-13-47-20(15-42)16-44/h1-11,17-18,20,41,44H,12-16H2,(H,36,37,40)/t20-/m0/s1. The van der Waals surface area contributed by atoms with Gasteiger partial charge >= 0.3 is 0 Å². The Hall–Kier alpha value is -4.80. The van der Waals surface area contributed by atoms with Crippen LogP contribution in [0.5, 0.6) is 0 Å². The molecule has 1 atom stereocenters. The number of benzene rings is 3. The average Bonchev–Trinajstić information content (AvgIpc) is 3.53. The molecule has 48 heavy (non-hydrogen) atoms. The lowest BCUT2D eigenvalue weighted by atomic mass is 10.1. The van der Waals surface area contributed by atoms with E-state index in [0.29, 0.717) is 31.0 Å². The Morgan fingerprint density at radius 2 is 1.85 bits per heavy atom. The first-order valence-corrected chi connectivity index (χ1v) is 16.6. The molecule has 1 aliphatic rings. The molecular formula is C32H27ClF2N8O4S. The van der Waals surface area contributed by atoms with Gasteiger partial charge in [-0.1, -0.05) is 35.9 Å². The van der Waals surface area contributed by atoms with E-state index >= 15 is 8.78 Å². The maximum atomic E-state index is 15.7. The minimum Gasteiger partial charge on any atom is -0.394 e. The smallest absolute Gasteiger partial charge is 0.263 e. The van der Waals surface area contributed by atoms with Gasteiger partial charge < -0.3 is 15.2 Å². The van der Waals surface area contributed by atoms with Crippen molar-refractivity contribution in [3.8, 4) is 5.82 Å². The summed E-state index contributed by atoms with van der Waals surface area (Å²) in [5.41, 5.74) is 2.00. The second kappa shape index (κ2) is 13.0. The SMILES string of the molecule is O=S(=O)(Nc1ccc(F)c(Nc2ncnc3ccc(-n4cnc5c(CN6CCO[C@H](CO)C6)cccc54)nc23)c1F)c1ccccc1Cl. The molecule has 6 aromatic rings. The molecule has 0 unspecified atom stereocenters.